The third kappa shape index (κ3) is 2.80. The fraction of sp³-hybridized carbons (Fsp3) is 0.455. The Morgan fingerprint density at radius 1 is 1.47 bits per heavy atom. The number of aromatic nitrogens is 1. The summed E-state index contributed by atoms with van der Waals surface area (Å²) in [6, 6.07) is 1.46. The SMILES string of the molecule is CC1CN(S(=O)(=O)c2cncc(Br)c2)CC1C(=O)O. The van der Waals surface area contributed by atoms with Gasteiger partial charge >= 0.3 is 5.97 Å². The van der Waals surface area contributed by atoms with E-state index in [0.717, 1.165) is 0 Å². The first-order valence-corrected chi connectivity index (χ1v) is 7.89. The number of carbonyl (C=O) groups is 1. The van der Waals surface area contributed by atoms with Crippen molar-refractivity contribution >= 4 is 31.9 Å². The Morgan fingerprint density at radius 3 is 2.68 bits per heavy atom. The van der Waals surface area contributed by atoms with Crippen molar-refractivity contribution in [3.8, 4) is 0 Å². The van der Waals surface area contributed by atoms with E-state index in [1.807, 2.05) is 0 Å². The van der Waals surface area contributed by atoms with Crippen LogP contribution in [0.4, 0.5) is 0 Å². The molecule has 19 heavy (non-hydrogen) atoms. The van der Waals surface area contributed by atoms with E-state index in [1.54, 1.807) is 6.92 Å². The third-order valence-corrected chi connectivity index (χ3v) is 5.44. The Labute approximate surface area is 119 Å². The van der Waals surface area contributed by atoms with Crippen molar-refractivity contribution < 1.29 is 18.3 Å². The molecule has 2 atom stereocenters. The average molecular weight is 349 g/mol. The van der Waals surface area contributed by atoms with Crippen LogP contribution in [0.3, 0.4) is 0 Å². The van der Waals surface area contributed by atoms with Gasteiger partial charge in [0.2, 0.25) is 10.0 Å². The second-order valence-corrected chi connectivity index (χ2v) is 7.44. The van der Waals surface area contributed by atoms with Gasteiger partial charge in [-0.25, -0.2) is 8.42 Å². The van der Waals surface area contributed by atoms with E-state index in [-0.39, 0.29) is 23.9 Å². The molecule has 0 saturated carbocycles. The number of sulfonamides is 1. The molecule has 1 aromatic rings. The molecule has 0 aliphatic carbocycles. The van der Waals surface area contributed by atoms with E-state index in [4.69, 9.17) is 5.11 Å². The highest BCUT2D eigenvalue weighted by atomic mass is 79.9. The van der Waals surface area contributed by atoms with E-state index >= 15 is 0 Å². The highest BCUT2D eigenvalue weighted by molar-refractivity contribution is 9.10. The van der Waals surface area contributed by atoms with Gasteiger partial charge in [-0.15, -0.1) is 0 Å². The van der Waals surface area contributed by atoms with Crippen LogP contribution in [-0.2, 0) is 14.8 Å². The number of aliphatic carboxylic acids is 1. The molecule has 1 saturated heterocycles. The van der Waals surface area contributed by atoms with Crippen LogP contribution in [0, 0.1) is 11.8 Å². The molecule has 1 fully saturated rings. The van der Waals surface area contributed by atoms with Gasteiger partial charge in [-0.05, 0) is 27.9 Å². The van der Waals surface area contributed by atoms with Crippen molar-refractivity contribution in [3.05, 3.63) is 22.9 Å². The van der Waals surface area contributed by atoms with E-state index in [2.05, 4.69) is 20.9 Å². The van der Waals surface area contributed by atoms with Crippen LogP contribution in [0.25, 0.3) is 0 Å². The Bertz CT molecular complexity index is 604. The molecular weight excluding hydrogens is 336 g/mol. The summed E-state index contributed by atoms with van der Waals surface area (Å²) in [6.45, 7) is 1.96. The van der Waals surface area contributed by atoms with Gasteiger partial charge < -0.3 is 5.11 Å². The zero-order valence-electron chi connectivity index (χ0n) is 10.2. The minimum Gasteiger partial charge on any atom is -0.481 e. The van der Waals surface area contributed by atoms with Crippen LogP contribution in [-0.4, -0.2) is 41.9 Å². The summed E-state index contributed by atoms with van der Waals surface area (Å²) < 4.78 is 26.5. The number of carboxylic acids is 1. The van der Waals surface area contributed by atoms with Gasteiger partial charge in [0.05, 0.1) is 5.92 Å². The maximum absolute atomic E-state index is 12.4. The molecule has 0 bridgehead atoms. The average Bonchev–Trinajstić information content (AvgIpc) is 2.72. The smallest absolute Gasteiger partial charge is 0.308 e. The predicted molar refractivity (Wildman–Crippen MR) is 71.0 cm³/mol. The summed E-state index contributed by atoms with van der Waals surface area (Å²) in [5.74, 6) is -1.82. The Morgan fingerprint density at radius 2 is 2.16 bits per heavy atom. The lowest BCUT2D eigenvalue weighted by molar-refractivity contribution is -0.142. The summed E-state index contributed by atoms with van der Waals surface area (Å²) in [7, 11) is -3.68. The number of hydrogen-bond donors (Lipinski definition) is 1. The molecule has 8 heteroatoms. The Balaban J connectivity index is 2.30. The normalized spacial score (nSPS) is 24.5. The van der Waals surface area contributed by atoms with Gasteiger partial charge in [0.25, 0.3) is 0 Å². The van der Waals surface area contributed by atoms with Crippen molar-refractivity contribution in [3.63, 3.8) is 0 Å². The molecule has 2 rings (SSSR count). The number of pyridine rings is 1. The quantitative estimate of drug-likeness (QED) is 0.886. The minimum absolute atomic E-state index is 0.00530. The first-order valence-electron chi connectivity index (χ1n) is 5.66. The van der Waals surface area contributed by atoms with E-state index < -0.39 is 21.9 Å². The van der Waals surface area contributed by atoms with Crippen molar-refractivity contribution in [2.75, 3.05) is 13.1 Å². The number of halogens is 1. The van der Waals surface area contributed by atoms with Crippen LogP contribution in [0.5, 0.6) is 0 Å². The molecule has 6 nitrogen and oxygen atoms in total. The van der Waals surface area contributed by atoms with Crippen molar-refractivity contribution in [2.45, 2.75) is 11.8 Å². The zero-order valence-corrected chi connectivity index (χ0v) is 12.6. The van der Waals surface area contributed by atoms with Gasteiger partial charge in [-0.3, -0.25) is 9.78 Å². The number of rotatable bonds is 3. The van der Waals surface area contributed by atoms with Gasteiger partial charge in [-0.2, -0.15) is 4.31 Å². The molecule has 1 N–H and O–H groups in total. The van der Waals surface area contributed by atoms with Gasteiger partial charge in [0.15, 0.2) is 0 Å². The van der Waals surface area contributed by atoms with Crippen LogP contribution in [0.1, 0.15) is 6.92 Å². The minimum atomic E-state index is -3.68. The lowest BCUT2D eigenvalue weighted by atomic mass is 9.99. The first-order chi connectivity index (χ1) is 8.82. The third-order valence-electron chi connectivity index (χ3n) is 3.21. The number of hydrogen-bond acceptors (Lipinski definition) is 4. The van der Waals surface area contributed by atoms with Crippen LogP contribution >= 0.6 is 15.9 Å². The molecule has 1 aromatic heterocycles. The zero-order chi connectivity index (χ0) is 14.2. The van der Waals surface area contributed by atoms with Crippen molar-refractivity contribution in [1.82, 2.24) is 9.29 Å². The molecule has 0 radical (unpaired) electrons. The highest BCUT2D eigenvalue weighted by Crippen LogP contribution is 2.29. The van der Waals surface area contributed by atoms with E-state index in [0.29, 0.717) is 4.47 Å². The molecule has 104 valence electrons. The molecule has 1 aliphatic rings. The standard InChI is InChI=1S/C11H13BrN2O4S/c1-7-5-14(6-10(7)11(15)16)19(17,18)9-2-8(12)3-13-4-9/h2-4,7,10H,5-6H2,1H3,(H,15,16). The Kier molecular flexibility index (Phi) is 3.93. The second-order valence-electron chi connectivity index (χ2n) is 4.58. The van der Waals surface area contributed by atoms with E-state index in [1.165, 1.54) is 22.8 Å². The van der Waals surface area contributed by atoms with Crippen molar-refractivity contribution in [1.29, 1.82) is 0 Å². The fourth-order valence-corrected chi connectivity index (χ4v) is 4.20. The lowest BCUT2D eigenvalue weighted by Gasteiger charge is -2.15. The second kappa shape index (κ2) is 5.18. The molecule has 0 aromatic carbocycles. The van der Waals surface area contributed by atoms with Crippen LogP contribution in [0.15, 0.2) is 27.8 Å². The summed E-state index contributed by atoms with van der Waals surface area (Å²) in [5.41, 5.74) is 0. The molecule has 2 heterocycles. The maximum Gasteiger partial charge on any atom is 0.308 e. The van der Waals surface area contributed by atoms with Gasteiger partial charge in [-0.1, -0.05) is 6.92 Å². The molecule has 0 spiro atoms. The molecular formula is C11H13BrN2O4S. The molecule has 2 unspecified atom stereocenters. The first kappa shape index (κ1) is 14.4. The predicted octanol–water partition coefficient (Wildman–Crippen LogP) is 1.19. The van der Waals surface area contributed by atoms with Crippen LogP contribution < -0.4 is 0 Å². The number of carboxylic acid groups (broad SMARTS) is 1. The van der Waals surface area contributed by atoms with Gasteiger partial charge in [0.1, 0.15) is 4.90 Å². The van der Waals surface area contributed by atoms with Gasteiger partial charge in [0, 0.05) is 30.0 Å². The number of nitrogens with zero attached hydrogens (tertiary/aromatic N) is 2. The molecule has 0 amide bonds. The largest absolute Gasteiger partial charge is 0.481 e. The summed E-state index contributed by atoms with van der Waals surface area (Å²) in [5, 5.41) is 9.04. The Hall–Kier alpha value is -0.990. The van der Waals surface area contributed by atoms with E-state index in [9.17, 15) is 13.2 Å². The lowest BCUT2D eigenvalue weighted by Crippen LogP contribution is -2.30. The molecule has 1 aliphatic heterocycles. The fourth-order valence-electron chi connectivity index (χ4n) is 2.12. The highest BCUT2D eigenvalue weighted by Gasteiger charge is 2.40. The van der Waals surface area contributed by atoms with Crippen molar-refractivity contribution in [2.24, 2.45) is 11.8 Å². The summed E-state index contributed by atoms with van der Waals surface area (Å²) in [6.07, 6.45) is 2.75. The summed E-state index contributed by atoms with van der Waals surface area (Å²) in [4.78, 5) is 14.9. The monoisotopic (exact) mass is 348 g/mol. The van der Waals surface area contributed by atoms with Crippen LogP contribution in [0.2, 0.25) is 0 Å². The summed E-state index contributed by atoms with van der Waals surface area (Å²) >= 11 is 3.17. The maximum atomic E-state index is 12.4. The topological polar surface area (TPSA) is 87.6 Å².